The predicted molar refractivity (Wildman–Crippen MR) is 79.4 cm³/mol. The highest BCUT2D eigenvalue weighted by molar-refractivity contribution is 7.80. The fourth-order valence-electron chi connectivity index (χ4n) is 2.05. The highest BCUT2D eigenvalue weighted by atomic mass is 32.1. The molecule has 0 fully saturated rings. The van der Waals surface area contributed by atoms with Gasteiger partial charge in [0.2, 0.25) is 5.90 Å². The summed E-state index contributed by atoms with van der Waals surface area (Å²) in [7, 11) is 0. The van der Waals surface area contributed by atoms with Gasteiger partial charge in [0, 0.05) is 0 Å². The maximum Gasteiger partial charge on any atom is 0.416 e. The molecule has 1 aromatic heterocycles. The molecule has 4 nitrogen and oxygen atoms in total. The zero-order valence-electron chi connectivity index (χ0n) is 11.6. The SMILES string of the molecule is FC(F)(F)c1ccc([C@@H]2CC(Oc3ccc(S)nc3)=NO2)cc1. The third-order valence-electron chi connectivity index (χ3n) is 3.21. The molecule has 1 aromatic carbocycles. The standard InChI is InChI=1S/C15H11F3N2O2S/c16-15(17,18)10-3-1-9(2-4-10)12-7-13(20-22-12)21-11-5-6-14(23)19-8-11/h1-6,8,12H,7H2,(H,19,23)/t12-/m0/s1. The summed E-state index contributed by atoms with van der Waals surface area (Å²) in [6.45, 7) is 0. The molecule has 0 N–H and O–H groups in total. The molecule has 0 unspecified atom stereocenters. The maximum absolute atomic E-state index is 12.5. The Kier molecular flexibility index (Phi) is 4.16. The van der Waals surface area contributed by atoms with E-state index in [-0.39, 0.29) is 0 Å². The van der Waals surface area contributed by atoms with Crippen LogP contribution in [-0.2, 0) is 11.0 Å². The van der Waals surface area contributed by atoms with Gasteiger partial charge in [-0.25, -0.2) is 4.98 Å². The number of nitrogens with zero attached hydrogens (tertiary/aromatic N) is 2. The second-order valence-electron chi connectivity index (χ2n) is 4.86. The van der Waals surface area contributed by atoms with Crippen molar-refractivity contribution < 1.29 is 22.7 Å². The monoisotopic (exact) mass is 340 g/mol. The van der Waals surface area contributed by atoms with Gasteiger partial charge in [-0.1, -0.05) is 17.3 Å². The van der Waals surface area contributed by atoms with Crippen molar-refractivity contribution in [3.05, 3.63) is 53.7 Å². The number of halogens is 3. The van der Waals surface area contributed by atoms with Crippen LogP contribution in [0.15, 0.2) is 52.8 Å². The average molecular weight is 340 g/mol. The molecular weight excluding hydrogens is 329 g/mol. The summed E-state index contributed by atoms with van der Waals surface area (Å²) in [6, 6.07) is 8.15. The van der Waals surface area contributed by atoms with E-state index in [1.165, 1.54) is 18.3 Å². The van der Waals surface area contributed by atoms with Crippen LogP contribution in [0.2, 0.25) is 0 Å². The lowest BCUT2D eigenvalue weighted by Crippen LogP contribution is -2.08. The van der Waals surface area contributed by atoms with E-state index in [9.17, 15) is 13.2 Å². The lowest BCUT2D eigenvalue weighted by atomic mass is 10.0. The van der Waals surface area contributed by atoms with Gasteiger partial charge in [0.05, 0.1) is 23.2 Å². The molecule has 0 radical (unpaired) electrons. The third kappa shape index (κ3) is 3.76. The summed E-state index contributed by atoms with van der Waals surface area (Å²) in [6.07, 6.45) is -3.00. The van der Waals surface area contributed by atoms with Crippen LogP contribution in [0.4, 0.5) is 13.2 Å². The van der Waals surface area contributed by atoms with Gasteiger partial charge in [-0.3, -0.25) is 0 Å². The van der Waals surface area contributed by atoms with Crippen molar-refractivity contribution in [3.8, 4) is 5.75 Å². The van der Waals surface area contributed by atoms with Crippen LogP contribution in [0.1, 0.15) is 23.7 Å². The number of rotatable bonds is 2. The Morgan fingerprint density at radius 1 is 1.13 bits per heavy atom. The Morgan fingerprint density at radius 3 is 2.48 bits per heavy atom. The van der Waals surface area contributed by atoms with Gasteiger partial charge in [-0.2, -0.15) is 13.2 Å². The molecule has 1 aliphatic heterocycles. The van der Waals surface area contributed by atoms with E-state index in [4.69, 9.17) is 9.57 Å². The van der Waals surface area contributed by atoms with Crippen molar-refractivity contribution in [2.75, 3.05) is 0 Å². The molecule has 0 spiro atoms. The minimum absolute atomic E-state index is 0.327. The van der Waals surface area contributed by atoms with E-state index >= 15 is 0 Å². The Hall–Kier alpha value is -2.22. The van der Waals surface area contributed by atoms with Crippen LogP contribution in [0, 0.1) is 0 Å². The second-order valence-corrected chi connectivity index (χ2v) is 5.32. The Bertz CT molecular complexity index is 715. The molecule has 2 heterocycles. The normalized spacial score (nSPS) is 17.6. The van der Waals surface area contributed by atoms with Crippen molar-refractivity contribution in [1.82, 2.24) is 4.98 Å². The van der Waals surface area contributed by atoms with Crippen LogP contribution < -0.4 is 4.74 Å². The molecule has 23 heavy (non-hydrogen) atoms. The summed E-state index contributed by atoms with van der Waals surface area (Å²) in [4.78, 5) is 9.19. The highest BCUT2D eigenvalue weighted by Crippen LogP contribution is 2.32. The molecule has 1 atom stereocenters. The van der Waals surface area contributed by atoms with Crippen LogP contribution in [-0.4, -0.2) is 10.9 Å². The number of ether oxygens (including phenoxy) is 1. The molecule has 3 rings (SSSR count). The molecule has 0 amide bonds. The first-order chi connectivity index (χ1) is 10.9. The molecule has 0 saturated carbocycles. The maximum atomic E-state index is 12.5. The van der Waals surface area contributed by atoms with Crippen molar-refractivity contribution in [2.45, 2.75) is 23.7 Å². The van der Waals surface area contributed by atoms with E-state index in [2.05, 4.69) is 22.8 Å². The molecule has 2 aromatic rings. The lowest BCUT2D eigenvalue weighted by Gasteiger charge is -2.10. The quantitative estimate of drug-likeness (QED) is 0.832. The molecule has 1 aliphatic rings. The average Bonchev–Trinajstić information content (AvgIpc) is 2.97. The largest absolute Gasteiger partial charge is 0.438 e. The Balaban J connectivity index is 1.63. The fraction of sp³-hybridized carbons (Fsp3) is 0.200. The zero-order chi connectivity index (χ0) is 16.4. The topological polar surface area (TPSA) is 43.7 Å². The summed E-state index contributed by atoms with van der Waals surface area (Å²) in [5.74, 6) is 0.821. The number of pyridine rings is 1. The van der Waals surface area contributed by atoms with E-state index in [1.54, 1.807) is 12.1 Å². The van der Waals surface area contributed by atoms with Crippen LogP contribution in [0.3, 0.4) is 0 Å². The van der Waals surface area contributed by atoms with Gasteiger partial charge in [0.25, 0.3) is 0 Å². The first-order valence-corrected chi connectivity index (χ1v) is 7.09. The van der Waals surface area contributed by atoms with Gasteiger partial charge < -0.3 is 9.57 Å². The smallest absolute Gasteiger partial charge is 0.416 e. The first-order valence-electron chi connectivity index (χ1n) is 6.64. The van der Waals surface area contributed by atoms with Crippen molar-refractivity contribution in [2.24, 2.45) is 5.16 Å². The minimum Gasteiger partial charge on any atom is -0.438 e. The number of alkyl halides is 3. The van der Waals surface area contributed by atoms with Gasteiger partial charge in [0.1, 0.15) is 5.75 Å². The number of oxime groups is 1. The summed E-state index contributed by atoms with van der Waals surface area (Å²) >= 11 is 4.07. The molecular formula is C15H11F3N2O2S. The molecule has 0 aliphatic carbocycles. The molecule has 8 heteroatoms. The zero-order valence-corrected chi connectivity index (χ0v) is 12.5. The van der Waals surface area contributed by atoms with Crippen molar-refractivity contribution in [1.29, 1.82) is 0 Å². The van der Waals surface area contributed by atoms with Gasteiger partial charge in [-0.15, -0.1) is 12.6 Å². The molecule has 0 saturated heterocycles. The predicted octanol–water partition coefficient (Wildman–Crippen LogP) is 4.24. The Morgan fingerprint density at radius 2 is 1.87 bits per heavy atom. The van der Waals surface area contributed by atoms with Crippen LogP contribution >= 0.6 is 12.6 Å². The second kappa shape index (κ2) is 6.11. The van der Waals surface area contributed by atoms with Gasteiger partial charge in [-0.05, 0) is 29.8 Å². The number of benzene rings is 1. The van der Waals surface area contributed by atoms with E-state index in [0.29, 0.717) is 28.7 Å². The van der Waals surface area contributed by atoms with E-state index < -0.39 is 17.8 Å². The van der Waals surface area contributed by atoms with E-state index in [1.807, 2.05) is 0 Å². The summed E-state index contributed by atoms with van der Waals surface area (Å²) < 4.78 is 43.1. The number of hydrogen-bond donors (Lipinski definition) is 1. The van der Waals surface area contributed by atoms with Gasteiger partial charge >= 0.3 is 6.18 Å². The molecule has 120 valence electrons. The lowest BCUT2D eigenvalue weighted by molar-refractivity contribution is -0.137. The summed E-state index contributed by atoms with van der Waals surface area (Å²) in [5.41, 5.74) is -0.0984. The first kappa shape index (κ1) is 15.7. The van der Waals surface area contributed by atoms with Crippen molar-refractivity contribution >= 4 is 18.5 Å². The van der Waals surface area contributed by atoms with Crippen LogP contribution in [0.25, 0.3) is 0 Å². The van der Waals surface area contributed by atoms with Crippen molar-refractivity contribution in [3.63, 3.8) is 0 Å². The third-order valence-corrected chi connectivity index (χ3v) is 3.47. The number of aromatic nitrogens is 1. The Labute approximate surface area is 135 Å². The van der Waals surface area contributed by atoms with Crippen LogP contribution in [0.5, 0.6) is 5.75 Å². The fourth-order valence-corrected chi connectivity index (χ4v) is 2.18. The number of thiol groups is 1. The summed E-state index contributed by atoms with van der Waals surface area (Å²) in [5, 5.41) is 4.37. The molecule has 0 bridgehead atoms. The van der Waals surface area contributed by atoms with E-state index in [0.717, 1.165) is 12.1 Å². The number of hydrogen-bond acceptors (Lipinski definition) is 5. The highest BCUT2D eigenvalue weighted by Gasteiger charge is 2.31. The van der Waals surface area contributed by atoms with Gasteiger partial charge in [0.15, 0.2) is 6.10 Å². The minimum atomic E-state index is -4.36.